The Hall–Kier alpha value is -2.28. The van der Waals surface area contributed by atoms with Crippen molar-refractivity contribution in [2.45, 2.75) is 247 Å². The van der Waals surface area contributed by atoms with Crippen LogP contribution in [0.4, 0.5) is 0 Å². The molecule has 16 N–H and O–H groups in total. The number of aliphatic hydroxyl groups excluding tert-OH is 15. The molecule has 0 aromatic carbocycles. The Labute approximate surface area is 510 Å². The molecule has 10 rings (SSSR count). The highest BCUT2D eigenvalue weighted by molar-refractivity contribution is 5.80. The van der Waals surface area contributed by atoms with Crippen molar-refractivity contribution >= 4 is 11.9 Å². The highest BCUT2D eigenvalue weighted by Crippen LogP contribution is 2.76. The van der Waals surface area contributed by atoms with Crippen LogP contribution in [0.3, 0.4) is 0 Å². The van der Waals surface area contributed by atoms with Crippen molar-refractivity contribution in [1.82, 2.24) is 0 Å². The van der Waals surface area contributed by atoms with Crippen LogP contribution in [0.15, 0.2) is 11.6 Å². The largest absolute Gasteiger partial charge is 0.454 e. The summed E-state index contributed by atoms with van der Waals surface area (Å²) in [6, 6.07) is 0. The van der Waals surface area contributed by atoms with E-state index in [9.17, 15) is 86.5 Å². The van der Waals surface area contributed by atoms with Gasteiger partial charge in [0.1, 0.15) is 72.1 Å². The molecule has 31 unspecified atom stereocenters. The fourth-order valence-corrected chi connectivity index (χ4v) is 18.2. The number of hydrogen-bond acceptors (Lipinski definition) is 28. The number of fused-ring (bicyclic) bond motifs is 7. The fraction of sp³-hybridized carbons (Fsp3) is 0.933. The molecule has 0 bridgehead atoms. The Morgan fingerprint density at radius 2 is 1.28 bits per heavy atom. The minimum Gasteiger partial charge on any atom is -0.454 e. The van der Waals surface area contributed by atoms with Crippen LogP contribution in [0, 0.1) is 56.2 Å². The third kappa shape index (κ3) is 11.1. The van der Waals surface area contributed by atoms with E-state index in [2.05, 4.69) is 40.7 Å². The standard InChI is InChI=1S/C60H96O28/c1-25-43(85-49-42(75)44(32(68)20-79-49)86-52-47(76)59(78,23-64)24-81-52)41(74)46(83-26(2)65)51(82-25)87-45-38(71)31(67)19-80-50(45)88-53(77)60-13-12-54(3,4)15-29(60)28-8-9-34-55(5)16-30(66)48(84-33-14-27(18-61)37(70)40(73)39(33)72)58(21-62,22-63)35(55)10-11-56(34,6)57(28,7)17-36(60)69/h8,25,27,29-52,61-64,66-76,78H,9-24H2,1-7H3. The fourth-order valence-electron chi connectivity index (χ4n) is 18.2. The van der Waals surface area contributed by atoms with Gasteiger partial charge in [-0.3, -0.25) is 9.59 Å². The number of carbonyl (C=O) groups excluding carboxylic acids is 2. The quantitative estimate of drug-likeness (QED) is 0.0547. The van der Waals surface area contributed by atoms with Gasteiger partial charge in [-0.2, -0.15) is 0 Å². The lowest BCUT2D eigenvalue weighted by Gasteiger charge is -2.72. The zero-order valence-corrected chi connectivity index (χ0v) is 51.0. The lowest BCUT2D eigenvalue weighted by atomic mass is 9.33. The predicted molar refractivity (Wildman–Crippen MR) is 294 cm³/mol. The number of esters is 2. The first-order valence-electron chi connectivity index (χ1n) is 31.1. The minimum absolute atomic E-state index is 0.0634. The highest BCUT2D eigenvalue weighted by Gasteiger charge is 2.74. The van der Waals surface area contributed by atoms with E-state index in [1.807, 2.05) is 0 Å². The predicted octanol–water partition coefficient (Wildman–Crippen LogP) is -4.14. The van der Waals surface area contributed by atoms with Gasteiger partial charge in [0.2, 0.25) is 6.29 Å². The smallest absolute Gasteiger partial charge is 0.317 e. The summed E-state index contributed by atoms with van der Waals surface area (Å²) in [5, 5.41) is 178. The summed E-state index contributed by atoms with van der Waals surface area (Å²) in [5.41, 5.74) is -6.79. The van der Waals surface area contributed by atoms with Crippen LogP contribution >= 0.6 is 0 Å². The van der Waals surface area contributed by atoms with Gasteiger partial charge in [0, 0.05) is 24.9 Å². The summed E-state index contributed by atoms with van der Waals surface area (Å²) in [4.78, 5) is 28.3. The van der Waals surface area contributed by atoms with Crippen molar-refractivity contribution < 1.29 is 139 Å². The molecule has 4 saturated heterocycles. The van der Waals surface area contributed by atoms with E-state index in [1.54, 1.807) is 0 Å². The molecule has 10 aliphatic rings. The summed E-state index contributed by atoms with van der Waals surface area (Å²) >= 11 is 0. The Bertz CT molecular complexity index is 2500. The van der Waals surface area contributed by atoms with Crippen molar-refractivity contribution in [1.29, 1.82) is 0 Å². The molecule has 9 fully saturated rings. The van der Waals surface area contributed by atoms with Gasteiger partial charge in [0.25, 0.3) is 0 Å². The minimum atomic E-state index is -2.09. The number of allylic oxidation sites excluding steroid dienone is 2. The molecule has 0 aromatic rings. The number of ether oxygens (including phenoxy) is 10. The third-order valence-electron chi connectivity index (χ3n) is 23.4. The highest BCUT2D eigenvalue weighted by atomic mass is 16.8. The van der Waals surface area contributed by atoms with Crippen molar-refractivity contribution in [2.24, 2.45) is 56.2 Å². The second-order valence-corrected chi connectivity index (χ2v) is 28.9. The van der Waals surface area contributed by atoms with E-state index < -0.39 is 244 Å². The molecule has 504 valence electrons. The maximum absolute atomic E-state index is 15.6. The Morgan fingerprint density at radius 1 is 0.625 bits per heavy atom. The molecule has 0 spiro atoms. The van der Waals surface area contributed by atoms with Crippen molar-refractivity contribution in [2.75, 3.05) is 46.2 Å². The number of carbonyl (C=O) groups is 2. The van der Waals surface area contributed by atoms with E-state index in [-0.39, 0.29) is 37.0 Å². The maximum Gasteiger partial charge on any atom is 0.317 e. The molecule has 5 saturated carbocycles. The average molecular weight is 1270 g/mol. The first-order valence-corrected chi connectivity index (χ1v) is 31.1. The van der Waals surface area contributed by atoms with Crippen LogP contribution in [0.5, 0.6) is 0 Å². The van der Waals surface area contributed by atoms with Crippen LogP contribution in [0.2, 0.25) is 0 Å². The second-order valence-electron chi connectivity index (χ2n) is 28.9. The molecule has 4 heterocycles. The Balaban J connectivity index is 0.886. The van der Waals surface area contributed by atoms with Gasteiger partial charge in [0.05, 0.1) is 76.3 Å². The van der Waals surface area contributed by atoms with Crippen LogP contribution < -0.4 is 0 Å². The van der Waals surface area contributed by atoms with E-state index in [4.69, 9.17) is 47.4 Å². The van der Waals surface area contributed by atoms with Gasteiger partial charge in [-0.25, -0.2) is 0 Å². The molecular weight excluding hydrogens is 1170 g/mol. The van der Waals surface area contributed by atoms with Crippen LogP contribution in [-0.2, 0) is 57.0 Å². The van der Waals surface area contributed by atoms with E-state index in [0.29, 0.717) is 32.1 Å². The van der Waals surface area contributed by atoms with E-state index >= 15 is 4.79 Å². The molecule has 28 nitrogen and oxygen atoms in total. The molecule has 6 aliphatic carbocycles. The maximum atomic E-state index is 15.6. The summed E-state index contributed by atoms with van der Waals surface area (Å²) in [5.74, 6) is -3.99. The summed E-state index contributed by atoms with van der Waals surface area (Å²) in [6.45, 7) is 8.76. The molecule has 0 radical (unpaired) electrons. The first kappa shape index (κ1) is 68.6. The summed E-state index contributed by atoms with van der Waals surface area (Å²) < 4.78 is 59.3. The van der Waals surface area contributed by atoms with Crippen LogP contribution in [-0.4, -0.2) is 281 Å². The van der Waals surface area contributed by atoms with Gasteiger partial charge < -0.3 is 129 Å². The first-order chi connectivity index (χ1) is 41.3. The molecular formula is C60H96O28. The second kappa shape index (κ2) is 25.1. The molecule has 0 amide bonds. The van der Waals surface area contributed by atoms with Gasteiger partial charge in [-0.1, -0.05) is 46.3 Å². The Morgan fingerprint density at radius 3 is 1.93 bits per heavy atom. The van der Waals surface area contributed by atoms with Crippen molar-refractivity contribution in [3.63, 3.8) is 0 Å². The monoisotopic (exact) mass is 1260 g/mol. The SMILES string of the molecule is CC(=O)OC1C(OC2C(OC(=O)C34CCC(C)(C)CC3C3=CCC5C6(C)CC(O)C(OC7CC(CO)C(O)C(O)C7O)C(CO)(CO)C6CCC5(C)C3(C)CC4O)OCC(O)C2O)OC(C)C(OC2OCC(O)C(OC3OCC(O)(CO)C3O)C2O)C1O. The average Bonchev–Trinajstić information content (AvgIpc) is 0.732. The van der Waals surface area contributed by atoms with Gasteiger partial charge in [0.15, 0.2) is 31.1 Å². The molecule has 4 aliphatic heterocycles. The lowest BCUT2D eigenvalue weighted by Crippen LogP contribution is -2.71. The van der Waals surface area contributed by atoms with Crippen molar-refractivity contribution in [3.8, 4) is 0 Å². The lowest BCUT2D eigenvalue weighted by molar-refractivity contribution is -0.372. The third-order valence-corrected chi connectivity index (χ3v) is 23.4. The van der Waals surface area contributed by atoms with Crippen LogP contribution in [0.25, 0.3) is 0 Å². The van der Waals surface area contributed by atoms with E-state index in [1.165, 1.54) is 6.92 Å². The van der Waals surface area contributed by atoms with Gasteiger partial charge in [-0.15, -0.1) is 0 Å². The van der Waals surface area contributed by atoms with E-state index in [0.717, 1.165) is 12.5 Å². The van der Waals surface area contributed by atoms with Gasteiger partial charge in [-0.05, 0) is 104 Å². The zero-order chi connectivity index (χ0) is 64.3. The van der Waals surface area contributed by atoms with Gasteiger partial charge >= 0.3 is 11.9 Å². The van der Waals surface area contributed by atoms with Crippen LogP contribution in [0.1, 0.15) is 106 Å². The molecule has 0 aromatic heterocycles. The number of hydrogen-bond donors (Lipinski definition) is 16. The zero-order valence-electron chi connectivity index (χ0n) is 51.0. The topological polar surface area (TPSA) is 450 Å². The van der Waals surface area contributed by atoms with Crippen molar-refractivity contribution in [3.05, 3.63) is 11.6 Å². The molecule has 31 atom stereocenters. The normalized spacial score (nSPS) is 52.5. The number of aliphatic hydroxyl groups is 16. The molecule has 88 heavy (non-hydrogen) atoms. The Kier molecular flexibility index (Phi) is 19.6. The summed E-state index contributed by atoms with van der Waals surface area (Å²) in [6.07, 6.45) is -30.3. The summed E-state index contributed by atoms with van der Waals surface area (Å²) in [7, 11) is 0. The molecule has 28 heteroatoms. The number of rotatable bonds is 15.